The van der Waals surface area contributed by atoms with Gasteiger partial charge in [0.15, 0.2) is 0 Å². The lowest BCUT2D eigenvalue weighted by molar-refractivity contribution is 0.375. The van der Waals surface area contributed by atoms with Gasteiger partial charge in [-0.05, 0) is 5.56 Å². The van der Waals surface area contributed by atoms with E-state index in [0.29, 0.717) is 0 Å². The number of rotatable bonds is 2. The van der Waals surface area contributed by atoms with E-state index in [1.54, 1.807) is 0 Å². The van der Waals surface area contributed by atoms with E-state index in [4.69, 9.17) is 4.74 Å². The minimum Gasteiger partial charge on any atom is -0.369 e. The van der Waals surface area contributed by atoms with Crippen molar-refractivity contribution in [3.63, 3.8) is 0 Å². The molecule has 0 unspecified atom stereocenters. The van der Waals surface area contributed by atoms with Crippen LogP contribution in [0.4, 0.5) is 0 Å². The van der Waals surface area contributed by atoms with Crippen LogP contribution in [0, 0.1) is 0 Å². The van der Waals surface area contributed by atoms with Crippen LogP contribution in [-0.2, 0) is 9.96 Å². The summed E-state index contributed by atoms with van der Waals surface area (Å²) in [5.74, 6) is 0. The van der Waals surface area contributed by atoms with Gasteiger partial charge in [-0.1, -0.05) is 50.0 Å². The van der Waals surface area contributed by atoms with Gasteiger partial charge in [-0.25, -0.2) is 0 Å². The van der Waals surface area contributed by atoms with Gasteiger partial charge in [-0.15, -0.1) is 0 Å². The second-order valence-electron chi connectivity index (χ2n) is 4.73. The first-order chi connectivity index (χ1) is 6.06. The molecule has 70 valence electrons. The second-order valence-corrected chi connectivity index (χ2v) is 10.0. The summed E-state index contributed by atoms with van der Waals surface area (Å²) >= 11 is 0. The van der Waals surface area contributed by atoms with Crippen LogP contribution in [0.3, 0.4) is 0 Å². The molecule has 0 radical (unpaired) electrons. The average Bonchev–Trinajstić information content (AvgIpc) is 2.84. The van der Waals surface area contributed by atoms with Crippen LogP contribution >= 0.6 is 0 Å². The van der Waals surface area contributed by atoms with Gasteiger partial charge >= 0.3 is 0 Å². The van der Waals surface area contributed by atoms with Crippen molar-refractivity contribution >= 4 is 8.07 Å². The first kappa shape index (κ1) is 8.97. The van der Waals surface area contributed by atoms with E-state index < -0.39 is 8.07 Å². The molecule has 0 bridgehead atoms. The Kier molecular flexibility index (Phi) is 1.86. The molecule has 13 heavy (non-hydrogen) atoms. The van der Waals surface area contributed by atoms with Crippen molar-refractivity contribution in [3.05, 3.63) is 35.9 Å². The van der Waals surface area contributed by atoms with Gasteiger partial charge in [-0.2, -0.15) is 0 Å². The second kappa shape index (κ2) is 2.69. The zero-order chi connectivity index (χ0) is 9.53. The lowest BCUT2D eigenvalue weighted by Gasteiger charge is -2.25. The Hall–Kier alpha value is -0.603. The summed E-state index contributed by atoms with van der Waals surface area (Å²) < 4.78 is 5.71. The Balaban J connectivity index is 2.37. The highest BCUT2D eigenvalue weighted by molar-refractivity contribution is 6.79. The maximum Gasteiger partial charge on any atom is 0.105 e. The Morgan fingerprint density at radius 3 is 2.08 bits per heavy atom. The molecule has 0 N–H and O–H groups in total. The SMILES string of the molecule is C[Si](C)(C)[C@@]1(c2ccccc2)CO1. The predicted molar refractivity (Wildman–Crippen MR) is 57.4 cm³/mol. The van der Waals surface area contributed by atoms with Gasteiger partial charge in [0.05, 0.1) is 14.7 Å². The van der Waals surface area contributed by atoms with E-state index in [9.17, 15) is 0 Å². The van der Waals surface area contributed by atoms with Crippen LogP contribution in [0.2, 0.25) is 19.6 Å². The van der Waals surface area contributed by atoms with Gasteiger partial charge in [0.25, 0.3) is 0 Å². The van der Waals surface area contributed by atoms with Gasteiger partial charge in [0, 0.05) is 0 Å². The summed E-state index contributed by atoms with van der Waals surface area (Å²) in [6.07, 6.45) is 0. The molecule has 0 spiro atoms. The molecular formula is C11H16OSi. The third-order valence-electron chi connectivity index (χ3n) is 2.88. The highest BCUT2D eigenvalue weighted by atomic mass is 28.3. The van der Waals surface area contributed by atoms with E-state index in [-0.39, 0.29) is 5.22 Å². The van der Waals surface area contributed by atoms with E-state index >= 15 is 0 Å². The van der Waals surface area contributed by atoms with E-state index in [0.717, 1.165) is 6.61 Å². The quantitative estimate of drug-likeness (QED) is 0.518. The first-order valence-corrected chi connectivity index (χ1v) is 8.26. The predicted octanol–water partition coefficient (Wildman–Crippen LogP) is 2.79. The zero-order valence-electron chi connectivity index (χ0n) is 8.50. The molecule has 1 aliphatic rings. The normalized spacial score (nSPS) is 27.3. The van der Waals surface area contributed by atoms with Crippen LogP contribution in [0.15, 0.2) is 30.3 Å². The monoisotopic (exact) mass is 192 g/mol. The third-order valence-corrected chi connectivity index (χ3v) is 5.89. The van der Waals surface area contributed by atoms with Crippen molar-refractivity contribution in [2.24, 2.45) is 0 Å². The molecule has 1 aliphatic heterocycles. The van der Waals surface area contributed by atoms with Gasteiger partial charge in [0.1, 0.15) is 5.22 Å². The highest BCUT2D eigenvalue weighted by Gasteiger charge is 2.56. The number of ether oxygens (including phenoxy) is 1. The van der Waals surface area contributed by atoms with Crippen LogP contribution in [0.25, 0.3) is 0 Å². The van der Waals surface area contributed by atoms with Gasteiger partial charge in [-0.3, -0.25) is 0 Å². The molecule has 0 amide bonds. The zero-order valence-corrected chi connectivity index (χ0v) is 9.50. The number of hydrogen-bond acceptors (Lipinski definition) is 1. The Bertz CT molecular complexity index is 296. The largest absolute Gasteiger partial charge is 0.369 e. The molecule has 1 nitrogen and oxygen atoms in total. The third kappa shape index (κ3) is 1.34. The molecule has 2 rings (SSSR count). The fourth-order valence-corrected chi connectivity index (χ4v) is 3.78. The Morgan fingerprint density at radius 1 is 1.15 bits per heavy atom. The topological polar surface area (TPSA) is 12.5 Å². The van der Waals surface area contributed by atoms with Crippen molar-refractivity contribution in [2.75, 3.05) is 6.61 Å². The molecule has 1 fully saturated rings. The maximum absolute atomic E-state index is 5.71. The Morgan fingerprint density at radius 2 is 1.69 bits per heavy atom. The molecule has 1 saturated heterocycles. The summed E-state index contributed by atoms with van der Waals surface area (Å²) in [6.45, 7) is 8.03. The molecule has 1 heterocycles. The minimum atomic E-state index is -1.24. The van der Waals surface area contributed by atoms with E-state index in [1.165, 1.54) is 5.56 Å². The standard InChI is InChI=1S/C11H16OSi/c1-13(2,3)11(9-12-11)10-7-5-4-6-8-10/h4-8H,9H2,1-3H3/t11-/m1/s1. The first-order valence-electron chi connectivity index (χ1n) is 4.76. The van der Waals surface area contributed by atoms with Crippen LogP contribution in [0.5, 0.6) is 0 Å². The number of epoxide rings is 1. The molecule has 0 saturated carbocycles. The summed E-state index contributed by atoms with van der Waals surface area (Å²) in [7, 11) is -1.24. The molecule has 2 heteroatoms. The highest BCUT2D eigenvalue weighted by Crippen LogP contribution is 2.46. The van der Waals surface area contributed by atoms with Crippen LogP contribution in [0.1, 0.15) is 5.56 Å². The summed E-state index contributed by atoms with van der Waals surface area (Å²) in [5.41, 5.74) is 1.37. The summed E-state index contributed by atoms with van der Waals surface area (Å²) in [4.78, 5) is 0. The molecule has 1 aromatic rings. The lowest BCUT2D eigenvalue weighted by atomic mass is 10.2. The Labute approximate surface area is 80.7 Å². The molecule has 0 aliphatic carbocycles. The smallest absolute Gasteiger partial charge is 0.105 e. The lowest BCUT2D eigenvalue weighted by Crippen LogP contribution is -2.39. The summed E-state index contributed by atoms with van der Waals surface area (Å²) in [6, 6.07) is 10.6. The van der Waals surface area contributed by atoms with Crippen molar-refractivity contribution in [1.82, 2.24) is 0 Å². The molecule has 0 aromatic heterocycles. The average molecular weight is 192 g/mol. The molecular weight excluding hydrogens is 176 g/mol. The maximum atomic E-state index is 5.71. The fourth-order valence-electron chi connectivity index (χ4n) is 1.81. The fraction of sp³-hybridized carbons (Fsp3) is 0.455. The van der Waals surface area contributed by atoms with E-state index in [2.05, 4.69) is 50.0 Å². The van der Waals surface area contributed by atoms with Crippen molar-refractivity contribution in [3.8, 4) is 0 Å². The van der Waals surface area contributed by atoms with Crippen molar-refractivity contribution in [1.29, 1.82) is 0 Å². The van der Waals surface area contributed by atoms with Gasteiger partial charge < -0.3 is 4.74 Å². The molecule has 1 atom stereocenters. The number of benzene rings is 1. The number of hydrogen-bond donors (Lipinski definition) is 0. The van der Waals surface area contributed by atoms with E-state index in [1.807, 2.05) is 0 Å². The minimum absolute atomic E-state index is 0.119. The van der Waals surface area contributed by atoms with Crippen molar-refractivity contribution in [2.45, 2.75) is 24.9 Å². The van der Waals surface area contributed by atoms with Crippen molar-refractivity contribution < 1.29 is 4.74 Å². The van der Waals surface area contributed by atoms with Crippen LogP contribution < -0.4 is 0 Å². The van der Waals surface area contributed by atoms with Gasteiger partial charge in [0.2, 0.25) is 0 Å². The molecule has 1 aromatic carbocycles. The summed E-state index contributed by atoms with van der Waals surface area (Å²) in [5, 5.41) is 0.119. The van der Waals surface area contributed by atoms with Crippen LogP contribution in [-0.4, -0.2) is 14.7 Å².